The van der Waals surface area contributed by atoms with Gasteiger partial charge in [-0.1, -0.05) is 24.3 Å². The molecule has 1 saturated heterocycles. The van der Waals surface area contributed by atoms with Gasteiger partial charge in [0.2, 0.25) is 0 Å². The number of benzene rings is 1. The predicted molar refractivity (Wildman–Crippen MR) is 99.7 cm³/mol. The number of likely N-dealkylation sites (tertiary alicyclic amines) is 1. The average molecular weight is 393 g/mol. The van der Waals surface area contributed by atoms with Gasteiger partial charge in [0.1, 0.15) is 5.69 Å². The standard InChI is InChI=1S/C19H18F3N3OS/c20-19(21,22)13-5-3-9-24(11-13)12-25-18(26)15-7-2-1-6-14(15)17(23-25)16-8-4-10-27-16/h1-2,4,6-8,10,13H,3,5,9,11-12H2/t13-/m1/s1. The molecule has 142 valence electrons. The Balaban J connectivity index is 1.72. The zero-order valence-corrected chi connectivity index (χ0v) is 15.3. The van der Waals surface area contributed by atoms with E-state index < -0.39 is 12.1 Å². The van der Waals surface area contributed by atoms with Crippen LogP contribution in [-0.2, 0) is 6.67 Å². The molecule has 0 N–H and O–H groups in total. The third kappa shape index (κ3) is 3.64. The van der Waals surface area contributed by atoms with Gasteiger partial charge in [0.05, 0.1) is 22.8 Å². The Morgan fingerprint density at radius 1 is 1.15 bits per heavy atom. The van der Waals surface area contributed by atoms with E-state index in [9.17, 15) is 18.0 Å². The maximum absolute atomic E-state index is 13.1. The quantitative estimate of drug-likeness (QED) is 0.664. The number of piperidine rings is 1. The van der Waals surface area contributed by atoms with Gasteiger partial charge < -0.3 is 0 Å². The fraction of sp³-hybridized carbons (Fsp3) is 0.368. The first kappa shape index (κ1) is 18.2. The molecular weight excluding hydrogens is 375 g/mol. The van der Waals surface area contributed by atoms with Crippen LogP contribution in [0, 0.1) is 5.92 Å². The smallest absolute Gasteiger partial charge is 0.284 e. The van der Waals surface area contributed by atoms with Crippen LogP contribution in [-0.4, -0.2) is 33.9 Å². The summed E-state index contributed by atoms with van der Waals surface area (Å²) in [5, 5.41) is 7.73. The molecule has 0 saturated carbocycles. The number of nitrogens with zero attached hydrogens (tertiary/aromatic N) is 3. The Labute approximate surface area is 157 Å². The maximum Gasteiger partial charge on any atom is 0.393 e. The van der Waals surface area contributed by atoms with E-state index >= 15 is 0 Å². The number of halogens is 3. The van der Waals surface area contributed by atoms with E-state index in [0.717, 1.165) is 10.3 Å². The van der Waals surface area contributed by atoms with E-state index in [1.165, 1.54) is 16.0 Å². The third-order valence-corrected chi connectivity index (χ3v) is 5.80. The molecule has 27 heavy (non-hydrogen) atoms. The van der Waals surface area contributed by atoms with Crippen LogP contribution in [0.3, 0.4) is 0 Å². The molecule has 1 aliphatic rings. The molecule has 0 unspecified atom stereocenters. The lowest BCUT2D eigenvalue weighted by molar-refractivity contribution is -0.188. The van der Waals surface area contributed by atoms with Crippen molar-refractivity contribution in [3.63, 3.8) is 0 Å². The Morgan fingerprint density at radius 2 is 1.93 bits per heavy atom. The van der Waals surface area contributed by atoms with Crippen molar-refractivity contribution in [3.8, 4) is 10.6 Å². The summed E-state index contributed by atoms with van der Waals surface area (Å²) in [7, 11) is 0. The van der Waals surface area contributed by atoms with Crippen molar-refractivity contribution in [1.82, 2.24) is 14.7 Å². The van der Waals surface area contributed by atoms with Crippen molar-refractivity contribution < 1.29 is 13.2 Å². The maximum atomic E-state index is 13.1. The van der Waals surface area contributed by atoms with Gasteiger partial charge in [-0.2, -0.15) is 18.3 Å². The molecule has 4 rings (SSSR count). The average Bonchev–Trinajstić information content (AvgIpc) is 3.18. The zero-order chi connectivity index (χ0) is 19.0. The molecule has 0 bridgehead atoms. The van der Waals surface area contributed by atoms with Crippen molar-refractivity contribution in [3.05, 3.63) is 52.1 Å². The SMILES string of the molecule is O=c1c2ccccc2c(-c2cccs2)nn1CN1CCC[C@@H](C(F)(F)F)C1. The summed E-state index contributed by atoms with van der Waals surface area (Å²) < 4.78 is 40.5. The number of rotatable bonds is 3. The molecule has 4 nitrogen and oxygen atoms in total. The van der Waals surface area contributed by atoms with E-state index in [1.54, 1.807) is 17.0 Å². The Kier molecular flexibility index (Phi) is 4.77. The molecule has 1 fully saturated rings. The van der Waals surface area contributed by atoms with Crippen LogP contribution in [0.2, 0.25) is 0 Å². The fourth-order valence-electron chi connectivity index (χ4n) is 3.57. The lowest BCUT2D eigenvalue weighted by Gasteiger charge is -2.33. The van der Waals surface area contributed by atoms with Gasteiger partial charge in [0, 0.05) is 11.9 Å². The normalized spacial score (nSPS) is 18.9. The summed E-state index contributed by atoms with van der Waals surface area (Å²) in [6.07, 6.45) is -3.60. The molecule has 2 aromatic heterocycles. The van der Waals surface area contributed by atoms with Gasteiger partial charge >= 0.3 is 6.18 Å². The van der Waals surface area contributed by atoms with Crippen LogP contribution >= 0.6 is 11.3 Å². The number of fused-ring (bicyclic) bond motifs is 1. The van der Waals surface area contributed by atoms with E-state index in [-0.39, 0.29) is 25.2 Å². The summed E-state index contributed by atoms with van der Waals surface area (Å²) in [4.78, 5) is 15.4. The summed E-state index contributed by atoms with van der Waals surface area (Å²) in [5.74, 6) is -1.35. The second kappa shape index (κ2) is 7.09. The predicted octanol–water partition coefficient (Wildman–Crippen LogP) is 4.36. The first-order chi connectivity index (χ1) is 12.9. The lowest BCUT2D eigenvalue weighted by atomic mass is 9.98. The van der Waals surface area contributed by atoms with Crippen molar-refractivity contribution in [2.45, 2.75) is 25.7 Å². The van der Waals surface area contributed by atoms with Crippen molar-refractivity contribution in [1.29, 1.82) is 0 Å². The highest BCUT2D eigenvalue weighted by molar-refractivity contribution is 7.13. The Hall–Kier alpha value is -2.19. The summed E-state index contributed by atoms with van der Waals surface area (Å²) >= 11 is 1.52. The van der Waals surface area contributed by atoms with Gasteiger partial charge in [-0.15, -0.1) is 11.3 Å². The molecule has 0 spiro atoms. The molecule has 0 amide bonds. The summed E-state index contributed by atoms with van der Waals surface area (Å²) in [5.41, 5.74) is 0.407. The number of alkyl halides is 3. The summed E-state index contributed by atoms with van der Waals surface area (Å²) in [6, 6.07) is 11.1. The molecule has 0 radical (unpaired) electrons. The van der Waals surface area contributed by atoms with Crippen LogP contribution in [0.15, 0.2) is 46.6 Å². The molecular formula is C19H18F3N3OS. The highest BCUT2D eigenvalue weighted by Crippen LogP contribution is 2.33. The minimum absolute atomic E-state index is 0.0641. The van der Waals surface area contributed by atoms with Crippen molar-refractivity contribution >= 4 is 22.1 Å². The van der Waals surface area contributed by atoms with Crippen LogP contribution in [0.1, 0.15) is 12.8 Å². The van der Waals surface area contributed by atoms with Gasteiger partial charge in [-0.25, -0.2) is 4.68 Å². The van der Waals surface area contributed by atoms with Gasteiger partial charge in [0.25, 0.3) is 5.56 Å². The van der Waals surface area contributed by atoms with E-state index in [1.807, 2.05) is 29.6 Å². The van der Waals surface area contributed by atoms with E-state index in [2.05, 4.69) is 5.10 Å². The molecule has 8 heteroatoms. The lowest BCUT2D eigenvalue weighted by Crippen LogP contribution is -2.44. The summed E-state index contributed by atoms with van der Waals surface area (Å²) in [6.45, 7) is 0.495. The van der Waals surface area contributed by atoms with Crippen molar-refractivity contribution in [2.24, 2.45) is 5.92 Å². The number of thiophene rings is 1. The highest BCUT2D eigenvalue weighted by Gasteiger charge is 2.41. The van der Waals surface area contributed by atoms with Crippen molar-refractivity contribution in [2.75, 3.05) is 13.1 Å². The number of hydrogen-bond acceptors (Lipinski definition) is 4. The molecule has 1 aliphatic heterocycles. The minimum atomic E-state index is -4.21. The second-order valence-corrected chi connectivity index (χ2v) is 7.72. The minimum Gasteiger partial charge on any atom is -0.284 e. The van der Waals surface area contributed by atoms with Gasteiger partial charge in [-0.3, -0.25) is 9.69 Å². The molecule has 3 aromatic rings. The second-order valence-electron chi connectivity index (χ2n) is 6.78. The molecule has 0 aliphatic carbocycles. The number of aromatic nitrogens is 2. The van der Waals surface area contributed by atoms with Crippen LogP contribution in [0.25, 0.3) is 21.3 Å². The van der Waals surface area contributed by atoms with Gasteiger partial charge in [-0.05, 0) is 36.9 Å². The first-order valence-electron chi connectivity index (χ1n) is 8.76. The first-order valence-corrected chi connectivity index (χ1v) is 9.64. The zero-order valence-electron chi connectivity index (χ0n) is 14.4. The fourth-order valence-corrected chi connectivity index (χ4v) is 4.29. The topological polar surface area (TPSA) is 38.1 Å². The van der Waals surface area contributed by atoms with Crippen LogP contribution < -0.4 is 5.56 Å². The largest absolute Gasteiger partial charge is 0.393 e. The Morgan fingerprint density at radius 3 is 2.63 bits per heavy atom. The van der Waals surface area contributed by atoms with E-state index in [4.69, 9.17) is 0 Å². The van der Waals surface area contributed by atoms with Gasteiger partial charge in [0.15, 0.2) is 0 Å². The molecule has 1 atom stereocenters. The number of hydrogen-bond donors (Lipinski definition) is 0. The monoisotopic (exact) mass is 393 g/mol. The van der Waals surface area contributed by atoms with Crippen LogP contribution in [0.5, 0.6) is 0 Å². The van der Waals surface area contributed by atoms with Crippen LogP contribution in [0.4, 0.5) is 13.2 Å². The molecule has 1 aromatic carbocycles. The van der Waals surface area contributed by atoms with E-state index in [0.29, 0.717) is 24.0 Å². The third-order valence-electron chi connectivity index (χ3n) is 4.92. The Bertz CT molecular complexity index is 998. The molecule has 3 heterocycles. The highest BCUT2D eigenvalue weighted by atomic mass is 32.1.